The predicted octanol–water partition coefficient (Wildman–Crippen LogP) is 2.53. The maximum absolute atomic E-state index is 13.0. The second kappa shape index (κ2) is 9.75. The van der Waals surface area contributed by atoms with E-state index in [2.05, 4.69) is 30.3 Å². The number of nitrogens with one attached hydrogen (secondary N) is 4. The summed E-state index contributed by atoms with van der Waals surface area (Å²) in [6.45, 7) is 1.82. The van der Waals surface area contributed by atoms with E-state index in [9.17, 15) is 24.4 Å². The molecule has 2 heterocycles. The molecular formula is C23H18N6O6. The zero-order valence-corrected chi connectivity index (χ0v) is 18.3. The molecule has 0 radical (unpaired) electrons. The molecule has 176 valence electrons. The van der Waals surface area contributed by atoms with E-state index in [-0.39, 0.29) is 34.9 Å². The second-order valence-corrected chi connectivity index (χ2v) is 7.25. The average Bonchev–Trinajstić information content (AvgIpc) is 3.46. The Hall–Kier alpha value is -5.18. The number of esters is 1. The minimum absolute atomic E-state index is 0.0469. The van der Waals surface area contributed by atoms with E-state index in [0.717, 1.165) is 0 Å². The van der Waals surface area contributed by atoms with Crippen LogP contribution in [0.3, 0.4) is 0 Å². The zero-order chi connectivity index (χ0) is 24.9. The number of carbonyl (C=O) groups is 3. The van der Waals surface area contributed by atoms with Gasteiger partial charge in [-0.3, -0.25) is 23.9 Å². The lowest BCUT2D eigenvalue weighted by atomic mass is 10.1. The molecule has 0 unspecified atom stereocenters. The fraction of sp³-hybridized carbons (Fsp3) is 0.130. The van der Waals surface area contributed by atoms with Crippen molar-refractivity contribution in [3.8, 4) is 17.5 Å². The van der Waals surface area contributed by atoms with Crippen molar-refractivity contribution >= 4 is 40.1 Å². The molecule has 12 heteroatoms. The van der Waals surface area contributed by atoms with Crippen LogP contribution in [0, 0.1) is 11.3 Å². The molecule has 35 heavy (non-hydrogen) atoms. The van der Waals surface area contributed by atoms with Gasteiger partial charge in [0.25, 0.3) is 5.91 Å². The Balaban J connectivity index is 1.59. The van der Waals surface area contributed by atoms with Crippen molar-refractivity contribution in [3.63, 3.8) is 0 Å². The fourth-order valence-electron chi connectivity index (χ4n) is 3.37. The number of amides is 2. The van der Waals surface area contributed by atoms with Gasteiger partial charge in [-0.05, 0) is 37.3 Å². The van der Waals surface area contributed by atoms with Gasteiger partial charge < -0.3 is 20.4 Å². The van der Waals surface area contributed by atoms with Gasteiger partial charge in [0, 0.05) is 10.9 Å². The highest BCUT2D eigenvalue weighted by atomic mass is 16.5. The predicted molar refractivity (Wildman–Crippen MR) is 123 cm³/mol. The number of aromatic nitrogens is 3. The normalized spacial score (nSPS) is 10.5. The minimum atomic E-state index is -0.784. The first-order valence-electron chi connectivity index (χ1n) is 10.4. The first-order chi connectivity index (χ1) is 16.9. The van der Waals surface area contributed by atoms with Crippen molar-refractivity contribution in [3.05, 3.63) is 64.3 Å². The third kappa shape index (κ3) is 5.09. The molecule has 4 N–H and O–H groups in total. The first-order valence-corrected chi connectivity index (χ1v) is 10.4. The van der Waals surface area contributed by atoms with Crippen molar-refractivity contribution in [2.75, 3.05) is 17.2 Å². The number of aromatic amines is 2. The van der Waals surface area contributed by atoms with Gasteiger partial charge in [-0.2, -0.15) is 5.26 Å². The van der Waals surface area contributed by atoms with Crippen molar-refractivity contribution in [1.29, 1.82) is 5.26 Å². The van der Waals surface area contributed by atoms with Crippen LogP contribution in [0.5, 0.6) is 0 Å². The number of carbonyl (C=O) groups excluding carboxylic acids is 3. The summed E-state index contributed by atoms with van der Waals surface area (Å²) in [6.07, 6.45) is -0.441. The molecule has 0 bridgehead atoms. The second-order valence-electron chi connectivity index (χ2n) is 7.25. The summed E-state index contributed by atoms with van der Waals surface area (Å²) in [7, 11) is 0. The summed E-state index contributed by atoms with van der Waals surface area (Å²) in [6, 6.07) is 13.1. The number of ether oxygens (including phenoxy) is 1. The molecule has 0 fully saturated rings. The van der Waals surface area contributed by atoms with E-state index in [1.807, 2.05) is 6.07 Å². The average molecular weight is 474 g/mol. The highest BCUT2D eigenvalue weighted by Crippen LogP contribution is 2.28. The molecule has 2 amide bonds. The number of hydrogen-bond acceptors (Lipinski definition) is 8. The Morgan fingerprint density at radius 3 is 2.66 bits per heavy atom. The van der Waals surface area contributed by atoms with Crippen LogP contribution in [0.15, 0.2) is 51.8 Å². The molecule has 0 aliphatic carbocycles. The summed E-state index contributed by atoms with van der Waals surface area (Å²) in [5.41, 5.74) is 1.89. The fourth-order valence-corrected chi connectivity index (χ4v) is 3.37. The van der Waals surface area contributed by atoms with E-state index in [4.69, 9.17) is 4.74 Å². The van der Waals surface area contributed by atoms with Gasteiger partial charge in [0.05, 0.1) is 35.1 Å². The SMILES string of the molecule is CCOC(=O)CC(=O)Nc1cccc2cc(C(=O)Nc3ccc(C#N)cc3-c3noc(=O)[nH]3)[nH]c12. The van der Waals surface area contributed by atoms with Crippen LogP contribution in [0.1, 0.15) is 29.4 Å². The van der Waals surface area contributed by atoms with E-state index < -0.39 is 30.0 Å². The molecule has 0 aliphatic heterocycles. The Morgan fingerprint density at radius 2 is 1.94 bits per heavy atom. The van der Waals surface area contributed by atoms with Crippen LogP contribution < -0.4 is 16.4 Å². The minimum Gasteiger partial charge on any atom is -0.466 e. The van der Waals surface area contributed by atoms with E-state index >= 15 is 0 Å². The third-order valence-corrected chi connectivity index (χ3v) is 4.88. The van der Waals surface area contributed by atoms with Crippen LogP contribution >= 0.6 is 0 Å². The van der Waals surface area contributed by atoms with Gasteiger partial charge in [-0.15, -0.1) is 0 Å². The van der Waals surface area contributed by atoms with E-state index in [1.54, 1.807) is 31.2 Å². The van der Waals surface area contributed by atoms with Crippen LogP contribution in [0.4, 0.5) is 11.4 Å². The number of hydrogen-bond donors (Lipinski definition) is 4. The van der Waals surface area contributed by atoms with Crippen LogP contribution in [0.25, 0.3) is 22.3 Å². The summed E-state index contributed by atoms with van der Waals surface area (Å²) in [4.78, 5) is 53.5. The molecule has 12 nitrogen and oxygen atoms in total. The summed E-state index contributed by atoms with van der Waals surface area (Å²) in [5.74, 6) is -2.46. The third-order valence-electron chi connectivity index (χ3n) is 4.88. The first kappa shape index (κ1) is 23.0. The van der Waals surface area contributed by atoms with Crippen molar-refractivity contribution in [2.24, 2.45) is 0 Å². The van der Waals surface area contributed by atoms with Gasteiger partial charge in [0.15, 0.2) is 5.82 Å². The Morgan fingerprint density at radius 1 is 1.11 bits per heavy atom. The monoisotopic (exact) mass is 474 g/mol. The number of rotatable bonds is 7. The number of nitrogens with zero attached hydrogens (tertiary/aromatic N) is 2. The highest BCUT2D eigenvalue weighted by Gasteiger charge is 2.18. The van der Waals surface area contributed by atoms with Crippen LogP contribution in [-0.2, 0) is 14.3 Å². The number of nitriles is 1. The molecule has 2 aromatic heterocycles. The lowest BCUT2D eigenvalue weighted by molar-refractivity contribution is -0.145. The number of benzene rings is 2. The van der Waals surface area contributed by atoms with Crippen molar-refractivity contribution < 1.29 is 23.6 Å². The smallest absolute Gasteiger partial charge is 0.439 e. The number of H-pyrrole nitrogens is 2. The molecule has 4 aromatic rings. The van der Waals surface area contributed by atoms with Crippen molar-refractivity contribution in [2.45, 2.75) is 13.3 Å². The molecule has 0 saturated heterocycles. The highest BCUT2D eigenvalue weighted by molar-refractivity contribution is 6.10. The van der Waals surface area contributed by atoms with Gasteiger partial charge in [-0.25, -0.2) is 4.79 Å². The van der Waals surface area contributed by atoms with Crippen LogP contribution in [0.2, 0.25) is 0 Å². The summed E-state index contributed by atoms with van der Waals surface area (Å²) < 4.78 is 9.31. The lowest BCUT2D eigenvalue weighted by Crippen LogP contribution is -2.18. The lowest BCUT2D eigenvalue weighted by Gasteiger charge is -2.09. The molecular weight excluding hydrogens is 456 g/mol. The topological polar surface area (TPSA) is 183 Å². The zero-order valence-electron chi connectivity index (χ0n) is 18.3. The molecule has 2 aromatic carbocycles. The summed E-state index contributed by atoms with van der Waals surface area (Å²) in [5, 5.41) is 18.8. The standard InChI is InChI=1S/C23H18N6O6/c1-2-34-19(31)10-18(30)25-16-5-3-4-13-9-17(26-20(13)16)22(32)27-15-7-6-12(11-24)8-14(15)21-28-23(33)35-29-21/h3-9,26H,2,10H2,1H3,(H,25,30)(H,27,32)(H,28,29,33). The molecule has 0 aliphatic rings. The quantitative estimate of drug-likeness (QED) is 0.233. The van der Waals surface area contributed by atoms with Crippen molar-refractivity contribution in [1.82, 2.24) is 15.1 Å². The van der Waals surface area contributed by atoms with E-state index in [0.29, 0.717) is 16.6 Å². The Labute approximate surface area is 196 Å². The largest absolute Gasteiger partial charge is 0.466 e. The molecule has 0 spiro atoms. The number of para-hydroxylation sites is 1. The number of fused-ring (bicyclic) bond motifs is 1. The molecule has 4 rings (SSSR count). The van der Waals surface area contributed by atoms with Gasteiger partial charge in [-0.1, -0.05) is 17.3 Å². The van der Waals surface area contributed by atoms with Crippen LogP contribution in [-0.4, -0.2) is 39.5 Å². The Kier molecular flexibility index (Phi) is 6.41. The van der Waals surface area contributed by atoms with Gasteiger partial charge in [0.1, 0.15) is 12.1 Å². The molecule has 0 saturated carbocycles. The maximum atomic E-state index is 13.0. The molecule has 0 atom stereocenters. The van der Waals surface area contributed by atoms with Gasteiger partial charge >= 0.3 is 11.7 Å². The van der Waals surface area contributed by atoms with Gasteiger partial charge in [0.2, 0.25) is 5.91 Å². The maximum Gasteiger partial charge on any atom is 0.439 e. The Bertz CT molecular complexity index is 1540. The number of anilines is 2. The summed E-state index contributed by atoms with van der Waals surface area (Å²) >= 11 is 0. The van der Waals surface area contributed by atoms with E-state index in [1.165, 1.54) is 18.2 Å².